The second kappa shape index (κ2) is 8.98. The first-order valence-corrected chi connectivity index (χ1v) is 10.3. The average Bonchev–Trinajstić information content (AvgIpc) is 3.22. The molecular weight excluding hydrogens is 380 g/mol. The number of aromatic amines is 1. The molecule has 4 rings (SSSR count). The summed E-state index contributed by atoms with van der Waals surface area (Å²) in [5.41, 5.74) is 2.91. The van der Waals surface area contributed by atoms with Gasteiger partial charge in [0.1, 0.15) is 18.5 Å². The lowest BCUT2D eigenvalue weighted by molar-refractivity contribution is -0.134. The Bertz CT molecular complexity index is 976. The Morgan fingerprint density at radius 3 is 2.57 bits per heavy atom. The van der Waals surface area contributed by atoms with E-state index in [1.54, 1.807) is 11.8 Å². The van der Waals surface area contributed by atoms with E-state index < -0.39 is 12.1 Å². The molecule has 0 aliphatic carbocycles. The van der Waals surface area contributed by atoms with Gasteiger partial charge >= 0.3 is 6.09 Å². The number of carbonyl (C=O) groups is 2. The number of amides is 2. The molecule has 2 N–H and O–H groups in total. The Kier molecular flexibility index (Phi) is 5.97. The normalized spacial score (nSPS) is 15.7. The number of H-pyrrole nitrogens is 1. The van der Waals surface area contributed by atoms with E-state index in [0.717, 1.165) is 35.3 Å². The number of nitrogens with one attached hydrogen (secondary N) is 2. The Morgan fingerprint density at radius 2 is 1.83 bits per heavy atom. The van der Waals surface area contributed by atoms with Gasteiger partial charge in [-0.15, -0.1) is 0 Å². The van der Waals surface area contributed by atoms with Crippen molar-refractivity contribution in [2.75, 3.05) is 13.1 Å². The van der Waals surface area contributed by atoms with Crippen LogP contribution in [-0.2, 0) is 16.1 Å². The molecule has 0 saturated carbocycles. The summed E-state index contributed by atoms with van der Waals surface area (Å²) in [6.07, 6.45) is 1.10. The minimum absolute atomic E-state index is 0.0882. The number of likely N-dealkylation sites (tertiary alicyclic amines) is 1. The summed E-state index contributed by atoms with van der Waals surface area (Å²) < 4.78 is 5.21. The first kappa shape index (κ1) is 19.9. The van der Waals surface area contributed by atoms with Gasteiger partial charge in [-0.3, -0.25) is 4.79 Å². The molecule has 1 fully saturated rings. The number of nitrogens with zero attached hydrogens (tertiary/aromatic N) is 2. The highest BCUT2D eigenvalue weighted by Gasteiger charge is 2.29. The maximum absolute atomic E-state index is 12.7. The summed E-state index contributed by atoms with van der Waals surface area (Å²) in [6, 6.07) is 16.8. The van der Waals surface area contributed by atoms with Gasteiger partial charge in [-0.2, -0.15) is 0 Å². The van der Waals surface area contributed by atoms with Crippen molar-refractivity contribution in [3.05, 3.63) is 66.0 Å². The fourth-order valence-electron chi connectivity index (χ4n) is 3.82. The van der Waals surface area contributed by atoms with Crippen LogP contribution in [0.15, 0.2) is 54.6 Å². The molecule has 0 radical (unpaired) electrons. The van der Waals surface area contributed by atoms with E-state index in [4.69, 9.17) is 9.72 Å². The van der Waals surface area contributed by atoms with Gasteiger partial charge in [0.2, 0.25) is 5.91 Å². The molecular formula is C23H26N4O3. The zero-order valence-electron chi connectivity index (χ0n) is 17.0. The zero-order chi connectivity index (χ0) is 20.9. The number of ether oxygens (including phenoxy) is 1. The largest absolute Gasteiger partial charge is 0.445 e. The summed E-state index contributed by atoms with van der Waals surface area (Å²) in [7, 11) is 0. The molecule has 7 heteroatoms. The van der Waals surface area contributed by atoms with Crippen LogP contribution in [0.2, 0.25) is 0 Å². The lowest BCUT2D eigenvalue weighted by Gasteiger charge is -2.32. The fourth-order valence-corrected chi connectivity index (χ4v) is 3.82. The highest BCUT2D eigenvalue weighted by atomic mass is 16.5. The summed E-state index contributed by atoms with van der Waals surface area (Å²) in [5, 5.41) is 2.64. The average molecular weight is 406 g/mol. The SMILES string of the molecule is CC(NC(=O)OCc1ccccc1)C(=O)N1CCC(c2nc3ccccc3[nH]2)CC1. The van der Waals surface area contributed by atoms with Gasteiger partial charge in [0.25, 0.3) is 0 Å². The molecule has 7 nitrogen and oxygen atoms in total. The number of hydrogen-bond acceptors (Lipinski definition) is 4. The molecule has 0 spiro atoms. The Balaban J connectivity index is 1.25. The van der Waals surface area contributed by atoms with Crippen molar-refractivity contribution in [3.8, 4) is 0 Å². The Labute approximate surface area is 175 Å². The van der Waals surface area contributed by atoms with E-state index in [2.05, 4.69) is 10.3 Å². The number of imidazole rings is 1. The van der Waals surface area contributed by atoms with Gasteiger partial charge in [-0.25, -0.2) is 9.78 Å². The molecule has 1 aromatic heterocycles. The number of para-hydroxylation sites is 2. The predicted molar refractivity (Wildman–Crippen MR) is 114 cm³/mol. The molecule has 0 bridgehead atoms. The van der Waals surface area contributed by atoms with Gasteiger partial charge in [0.15, 0.2) is 0 Å². The standard InChI is InChI=1S/C23H26N4O3/c1-16(24-23(29)30-15-17-7-3-2-4-8-17)22(28)27-13-11-18(12-14-27)21-25-19-9-5-6-10-20(19)26-21/h2-10,16,18H,11-15H2,1H3,(H,24,29)(H,25,26). The molecule has 2 aromatic carbocycles. The Morgan fingerprint density at radius 1 is 1.13 bits per heavy atom. The van der Waals surface area contributed by atoms with Gasteiger partial charge < -0.3 is 19.9 Å². The highest BCUT2D eigenvalue weighted by molar-refractivity contribution is 5.85. The minimum atomic E-state index is -0.629. The van der Waals surface area contributed by atoms with Crippen LogP contribution in [0.5, 0.6) is 0 Å². The second-order valence-corrected chi connectivity index (χ2v) is 7.67. The molecule has 2 amide bonds. The van der Waals surface area contributed by atoms with Crippen LogP contribution in [0.25, 0.3) is 11.0 Å². The van der Waals surface area contributed by atoms with E-state index in [1.165, 1.54) is 0 Å². The number of aromatic nitrogens is 2. The van der Waals surface area contributed by atoms with Crippen molar-refractivity contribution in [3.63, 3.8) is 0 Å². The van der Waals surface area contributed by atoms with Crippen molar-refractivity contribution in [1.29, 1.82) is 0 Å². The number of piperidine rings is 1. The van der Waals surface area contributed by atoms with Crippen molar-refractivity contribution in [1.82, 2.24) is 20.2 Å². The van der Waals surface area contributed by atoms with Crippen LogP contribution in [-0.4, -0.2) is 46.0 Å². The summed E-state index contributed by atoms with van der Waals surface area (Å²) in [6.45, 7) is 3.16. The molecule has 1 aliphatic rings. The van der Waals surface area contributed by atoms with E-state index in [1.807, 2.05) is 54.6 Å². The molecule has 1 atom stereocenters. The van der Waals surface area contributed by atoms with Crippen LogP contribution < -0.4 is 5.32 Å². The second-order valence-electron chi connectivity index (χ2n) is 7.67. The third kappa shape index (κ3) is 4.62. The number of alkyl carbamates (subject to hydrolysis) is 1. The molecule has 30 heavy (non-hydrogen) atoms. The maximum Gasteiger partial charge on any atom is 0.408 e. The first-order valence-electron chi connectivity index (χ1n) is 10.3. The van der Waals surface area contributed by atoms with E-state index in [0.29, 0.717) is 19.0 Å². The van der Waals surface area contributed by atoms with Crippen molar-refractivity contribution in [2.24, 2.45) is 0 Å². The lowest BCUT2D eigenvalue weighted by Crippen LogP contribution is -2.49. The van der Waals surface area contributed by atoms with E-state index in [9.17, 15) is 9.59 Å². The van der Waals surface area contributed by atoms with Crippen LogP contribution >= 0.6 is 0 Å². The van der Waals surface area contributed by atoms with Crippen LogP contribution in [0, 0.1) is 0 Å². The lowest BCUT2D eigenvalue weighted by atomic mass is 9.96. The topological polar surface area (TPSA) is 87.3 Å². The molecule has 156 valence electrons. The summed E-state index contributed by atoms with van der Waals surface area (Å²) in [5.74, 6) is 1.20. The van der Waals surface area contributed by atoms with Crippen LogP contribution in [0.3, 0.4) is 0 Å². The van der Waals surface area contributed by atoms with Crippen LogP contribution in [0.4, 0.5) is 4.79 Å². The van der Waals surface area contributed by atoms with Crippen molar-refractivity contribution < 1.29 is 14.3 Å². The summed E-state index contributed by atoms with van der Waals surface area (Å²) in [4.78, 5) is 34.6. The van der Waals surface area contributed by atoms with E-state index >= 15 is 0 Å². The smallest absolute Gasteiger partial charge is 0.408 e. The first-order chi connectivity index (χ1) is 14.6. The van der Waals surface area contributed by atoms with Gasteiger partial charge in [0.05, 0.1) is 11.0 Å². The molecule has 1 aliphatic heterocycles. The minimum Gasteiger partial charge on any atom is -0.445 e. The zero-order valence-corrected chi connectivity index (χ0v) is 17.0. The predicted octanol–water partition coefficient (Wildman–Crippen LogP) is 3.58. The third-order valence-electron chi connectivity index (χ3n) is 5.52. The fraction of sp³-hybridized carbons (Fsp3) is 0.348. The van der Waals surface area contributed by atoms with Gasteiger partial charge in [0, 0.05) is 19.0 Å². The van der Waals surface area contributed by atoms with Gasteiger partial charge in [-0.1, -0.05) is 42.5 Å². The molecule has 3 aromatic rings. The van der Waals surface area contributed by atoms with E-state index in [-0.39, 0.29) is 12.5 Å². The monoisotopic (exact) mass is 406 g/mol. The quantitative estimate of drug-likeness (QED) is 0.678. The molecule has 1 unspecified atom stereocenters. The Hall–Kier alpha value is -3.35. The number of benzene rings is 2. The number of fused-ring (bicyclic) bond motifs is 1. The molecule has 2 heterocycles. The van der Waals surface area contributed by atoms with Crippen LogP contribution in [0.1, 0.15) is 37.1 Å². The van der Waals surface area contributed by atoms with Crippen molar-refractivity contribution >= 4 is 23.0 Å². The number of rotatable bonds is 5. The number of carbonyl (C=O) groups excluding carboxylic acids is 2. The maximum atomic E-state index is 12.7. The van der Waals surface area contributed by atoms with Gasteiger partial charge in [-0.05, 0) is 37.5 Å². The molecule has 1 saturated heterocycles. The van der Waals surface area contributed by atoms with Crippen molar-refractivity contribution in [2.45, 2.75) is 38.3 Å². The third-order valence-corrected chi connectivity index (χ3v) is 5.52. The summed E-state index contributed by atoms with van der Waals surface area (Å²) >= 11 is 0. The number of hydrogen-bond donors (Lipinski definition) is 2. The highest BCUT2D eigenvalue weighted by Crippen LogP contribution is 2.27.